The lowest BCUT2D eigenvalue weighted by Gasteiger charge is -2.26. The third-order valence-corrected chi connectivity index (χ3v) is 3.32. The molecule has 1 nitrogen and oxygen atoms in total. The Morgan fingerprint density at radius 2 is 2.00 bits per heavy atom. The second kappa shape index (κ2) is 4.66. The molecule has 2 aromatic rings. The van der Waals surface area contributed by atoms with E-state index < -0.39 is 0 Å². The van der Waals surface area contributed by atoms with E-state index in [9.17, 15) is 0 Å². The number of hydrogen-bond acceptors (Lipinski definition) is 1. The van der Waals surface area contributed by atoms with Crippen molar-refractivity contribution in [3.63, 3.8) is 0 Å². The summed E-state index contributed by atoms with van der Waals surface area (Å²) in [5.41, 5.74) is 2.37. The van der Waals surface area contributed by atoms with Gasteiger partial charge in [-0.05, 0) is 36.5 Å². The van der Waals surface area contributed by atoms with Crippen molar-refractivity contribution in [3.05, 3.63) is 42.1 Å². The Labute approximate surface area is 108 Å². The van der Waals surface area contributed by atoms with Crippen molar-refractivity contribution in [3.8, 4) is 0 Å². The molecule has 2 rings (SSSR count). The van der Waals surface area contributed by atoms with Gasteiger partial charge in [0.05, 0.1) is 5.52 Å². The fourth-order valence-electron chi connectivity index (χ4n) is 2.26. The molecule has 0 aliphatic carbocycles. The van der Waals surface area contributed by atoms with Gasteiger partial charge in [-0.25, -0.2) is 0 Å². The average Bonchev–Trinajstić information content (AvgIpc) is 2.26. The number of pyridine rings is 1. The molecule has 0 aliphatic heterocycles. The van der Waals surface area contributed by atoms with Crippen molar-refractivity contribution in [1.82, 2.24) is 4.98 Å². The standard InChI is InChI=1S/C15H18ClN/c1-11(16)9-15(2,3)13-8-12-6-4-5-7-14(12)17-10-13/h4-8,10-11H,9H2,1-3H3. The third kappa shape index (κ3) is 2.78. The van der Waals surface area contributed by atoms with Crippen LogP contribution < -0.4 is 0 Å². The highest BCUT2D eigenvalue weighted by Gasteiger charge is 2.23. The lowest BCUT2D eigenvalue weighted by atomic mass is 9.81. The van der Waals surface area contributed by atoms with Crippen LogP contribution in [0.2, 0.25) is 0 Å². The Bertz CT molecular complexity index is 517. The van der Waals surface area contributed by atoms with Crippen molar-refractivity contribution in [2.24, 2.45) is 0 Å². The fraction of sp³-hybridized carbons (Fsp3) is 0.400. The zero-order valence-corrected chi connectivity index (χ0v) is 11.3. The third-order valence-electron chi connectivity index (χ3n) is 3.16. The molecule has 0 N–H and O–H groups in total. The molecule has 0 fully saturated rings. The highest BCUT2D eigenvalue weighted by molar-refractivity contribution is 6.20. The lowest BCUT2D eigenvalue weighted by Crippen LogP contribution is -2.21. The van der Waals surface area contributed by atoms with Gasteiger partial charge in [-0.3, -0.25) is 4.98 Å². The molecule has 0 saturated carbocycles. The molecule has 1 unspecified atom stereocenters. The summed E-state index contributed by atoms with van der Waals surface area (Å²) in [6, 6.07) is 10.4. The van der Waals surface area contributed by atoms with Crippen LogP contribution in [0.25, 0.3) is 10.9 Å². The summed E-state index contributed by atoms with van der Waals surface area (Å²) in [5, 5.41) is 1.37. The van der Waals surface area contributed by atoms with Gasteiger partial charge >= 0.3 is 0 Å². The minimum atomic E-state index is 0.0677. The zero-order chi connectivity index (χ0) is 12.5. The first kappa shape index (κ1) is 12.4. The monoisotopic (exact) mass is 247 g/mol. The number of benzene rings is 1. The Hall–Kier alpha value is -1.08. The van der Waals surface area contributed by atoms with Crippen LogP contribution in [0.5, 0.6) is 0 Å². The predicted octanol–water partition coefficient (Wildman–Crippen LogP) is 4.53. The van der Waals surface area contributed by atoms with E-state index in [2.05, 4.69) is 31.0 Å². The summed E-state index contributed by atoms with van der Waals surface area (Å²) in [6.45, 7) is 6.48. The van der Waals surface area contributed by atoms with E-state index in [1.807, 2.05) is 31.3 Å². The van der Waals surface area contributed by atoms with Crippen molar-refractivity contribution >= 4 is 22.5 Å². The minimum Gasteiger partial charge on any atom is -0.256 e. The number of alkyl halides is 1. The number of nitrogens with zero attached hydrogens (tertiary/aromatic N) is 1. The van der Waals surface area contributed by atoms with E-state index in [-0.39, 0.29) is 10.8 Å². The van der Waals surface area contributed by atoms with Gasteiger partial charge in [0.15, 0.2) is 0 Å². The maximum Gasteiger partial charge on any atom is 0.0702 e. The highest BCUT2D eigenvalue weighted by atomic mass is 35.5. The fourth-order valence-corrected chi connectivity index (χ4v) is 2.65. The molecule has 0 saturated heterocycles. The molecule has 1 aromatic heterocycles. The van der Waals surface area contributed by atoms with Crippen molar-refractivity contribution in [1.29, 1.82) is 0 Å². The molecule has 17 heavy (non-hydrogen) atoms. The molecule has 0 amide bonds. The van der Waals surface area contributed by atoms with Crippen molar-refractivity contribution < 1.29 is 0 Å². The number of para-hydroxylation sites is 1. The first-order valence-electron chi connectivity index (χ1n) is 5.98. The molecule has 1 atom stereocenters. The van der Waals surface area contributed by atoms with Crippen LogP contribution in [0.4, 0.5) is 0 Å². The Balaban J connectivity index is 2.42. The largest absolute Gasteiger partial charge is 0.256 e. The smallest absolute Gasteiger partial charge is 0.0702 e. The summed E-state index contributed by atoms with van der Waals surface area (Å²) in [4.78, 5) is 4.51. The van der Waals surface area contributed by atoms with Crippen LogP contribution in [0.1, 0.15) is 32.8 Å². The summed E-state index contributed by atoms with van der Waals surface area (Å²) in [5.74, 6) is 0. The lowest BCUT2D eigenvalue weighted by molar-refractivity contribution is 0.476. The molecular formula is C15H18ClN. The van der Waals surface area contributed by atoms with E-state index in [4.69, 9.17) is 11.6 Å². The first-order valence-corrected chi connectivity index (χ1v) is 6.42. The molecule has 0 aliphatic rings. The predicted molar refractivity (Wildman–Crippen MR) is 74.7 cm³/mol. The first-order chi connectivity index (χ1) is 7.99. The minimum absolute atomic E-state index is 0.0677. The summed E-state index contributed by atoms with van der Waals surface area (Å²) in [7, 11) is 0. The molecule has 1 aromatic carbocycles. The van der Waals surface area contributed by atoms with Crippen molar-refractivity contribution in [2.75, 3.05) is 0 Å². The van der Waals surface area contributed by atoms with Gasteiger partial charge in [-0.15, -0.1) is 11.6 Å². The van der Waals surface area contributed by atoms with Gasteiger partial charge in [0.1, 0.15) is 0 Å². The summed E-state index contributed by atoms with van der Waals surface area (Å²) in [6.07, 6.45) is 2.93. The van der Waals surface area contributed by atoms with Gasteiger partial charge in [-0.2, -0.15) is 0 Å². The van der Waals surface area contributed by atoms with Gasteiger partial charge in [0.2, 0.25) is 0 Å². The number of halogens is 1. The Kier molecular flexibility index (Phi) is 3.39. The van der Waals surface area contributed by atoms with Crippen LogP contribution in [0.3, 0.4) is 0 Å². The van der Waals surface area contributed by atoms with Crippen LogP contribution >= 0.6 is 11.6 Å². The number of aromatic nitrogens is 1. The SMILES string of the molecule is CC(Cl)CC(C)(C)c1cnc2ccccc2c1. The molecule has 0 spiro atoms. The summed E-state index contributed by atoms with van der Waals surface area (Å²) < 4.78 is 0. The molecular weight excluding hydrogens is 230 g/mol. The number of rotatable bonds is 3. The maximum atomic E-state index is 6.11. The topological polar surface area (TPSA) is 12.9 Å². The second-order valence-corrected chi connectivity index (χ2v) is 6.03. The molecule has 1 heterocycles. The van der Waals surface area contributed by atoms with Crippen molar-refractivity contribution in [2.45, 2.75) is 38.0 Å². The normalized spacial score (nSPS) is 13.9. The number of hydrogen-bond donors (Lipinski definition) is 0. The summed E-state index contributed by atoms with van der Waals surface area (Å²) >= 11 is 6.11. The Morgan fingerprint density at radius 3 is 2.71 bits per heavy atom. The second-order valence-electron chi connectivity index (χ2n) is 5.29. The quantitative estimate of drug-likeness (QED) is 0.727. The van der Waals surface area contributed by atoms with Gasteiger partial charge in [0.25, 0.3) is 0 Å². The average molecular weight is 248 g/mol. The van der Waals surface area contributed by atoms with Crippen LogP contribution in [0.15, 0.2) is 36.5 Å². The van der Waals surface area contributed by atoms with Crippen LogP contribution in [0, 0.1) is 0 Å². The van der Waals surface area contributed by atoms with E-state index in [0.717, 1.165) is 11.9 Å². The van der Waals surface area contributed by atoms with E-state index in [1.165, 1.54) is 10.9 Å². The van der Waals surface area contributed by atoms with Gasteiger partial charge in [-0.1, -0.05) is 32.0 Å². The van der Waals surface area contributed by atoms with Crippen LogP contribution in [-0.4, -0.2) is 10.4 Å². The zero-order valence-electron chi connectivity index (χ0n) is 10.6. The van der Waals surface area contributed by atoms with E-state index in [1.54, 1.807) is 0 Å². The Morgan fingerprint density at radius 1 is 1.29 bits per heavy atom. The van der Waals surface area contributed by atoms with Gasteiger partial charge in [0, 0.05) is 17.0 Å². The van der Waals surface area contributed by atoms with E-state index in [0.29, 0.717) is 0 Å². The highest BCUT2D eigenvalue weighted by Crippen LogP contribution is 2.31. The molecule has 0 radical (unpaired) electrons. The molecule has 0 bridgehead atoms. The number of fused-ring (bicyclic) bond motifs is 1. The van der Waals surface area contributed by atoms with Crippen LogP contribution in [-0.2, 0) is 5.41 Å². The van der Waals surface area contributed by atoms with E-state index >= 15 is 0 Å². The van der Waals surface area contributed by atoms with Gasteiger partial charge < -0.3 is 0 Å². The maximum absolute atomic E-state index is 6.11. The molecule has 2 heteroatoms. The molecule has 90 valence electrons.